The molecular formula is C36H37F2N5O3. The SMILES string of the molecule is C#Cc1c(F)ccc2cc(O)cc(-c3nc4c5c(nc(OCC6(CN7CCCCC7)CC6)nc5c3F)N3CCCOC[C@@H]3CC4)c12. The van der Waals surface area contributed by atoms with Crippen LogP contribution in [0.5, 0.6) is 11.8 Å². The van der Waals surface area contributed by atoms with Gasteiger partial charge in [0.25, 0.3) is 0 Å². The monoisotopic (exact) mass is 625 g/mol. The summed E-state index contributed by atoms with van der Waals surface area (Å²) in [7, 11) is 0. The van der Waals surface area contributed by atoms with Crippen molar-refractivity contribution in [3.05, 3.63) is 47.2 Å². The minimum atomic E-state index is -0.689. The van der Waals surface area contributed by atoms with E-state index in [1.807, 2.05) is 0 Å². The maximum atomic E-state index is 17.0. The molecule has 0 radical (unpaired) electrons. The van der Waals surface area contributed by atoms with Crippen molar-refractivity contribution < 1.29 is 23.4 Å². The molecule has 3 fully saturated rings. The molecule has 0 bridgehead atoms. The summed E-state index contributed by atoms with van der Waals surface area (Å²) in [5, 5.41) is 12.0. The first-order valence-corrected chi connectivity index (χ1v) is 16.4. The van der Waals surface area contributed by atoms with Crippen LogP contribution < -0.4 is 9.64 Å². The fourth-order valence-corrected chi connectivity index (χ4v) is 7.57. The number of phenolic OH excluding ortho intramolecular Hbond substituents is 1. The Hall–Kier alpha value is -4.07. The van der Waals surface area contributed by atoms with Crippen LogP contribution in [-0.2, 0) is 11.2 Å². The van der Waals surface area contributed by atoms with E-state index in [9.17, 15) is 9.50 Å². The number of pyridine rings is 1. The van der Waals surface area contributed by atoms with E-state index >= 15 is 4.39 Å². The van der Waals surface area contributed by atoms with E-state index in [-0.39, 0.29) is 45.6 Å². The first-order chi connectivity index (χ1) is 22.4. The molecule has 8 rings (SSSR count). The number of halogens is 2. The van der Waals surface area contributed by atoms with Crippen LogP contribution in [0.4, 0.5) is 14.6 Å². The second-order valence-corrected chi connectivity index (χ2v) is 13.4. The number of likely N-dealkylation sites (tertiary alicyclic amines) is 1. The molecule has 2 saturated heterocycles. The smallest absolute Gasteiger partial charge is 0.319 e. The molecule has 1 saturated carbocycles. The van der Waals surface area contributed by atoms with Gasteiger partial charge in [0.05, 0.1) is 35.9 Å². The van der Waals surface area contributed by atoms with E-state index in [2.05, 4.69) is 15.7 Å². The van der Waals surface area contributed by atoms with Crippen molar-refractivity contribution in [1.29, 1.82) is 0 Å². The lowest BCUT2D eigenvalue weighted by Crippen LogP contribution is -2.38. The Morgan fingerprint density at radius 2 is 1.89 bits per heavy atom. The summed E-state index contributed by atoms with van der Waals surface area (Å²) in [4.78, 5) is 19.3. The molecule has 1 aliphatic carbocycles. The fourth-order valence-electron chi connectivity index (χ4n) is 7.57. The molecule has 1 N–H and O–H groups in total. The normalized spacial score (nSPS) is 21.0. The van der Waals surface area contributed by atoms with Crippen molar-refractivity contribution >= 4 is 27.5 Å². The molecule has 5 heterocycles. The summed E-state index contributed by atoms with van der Waals surface area (Å²) in [6.07, 6.45) is 13.7. The number of fused-ring (bicyclic) bond motifs is 3. The van der Waals surface area contributed by atoms with Gasteiger partial charge in [0.2, 0.25) is 0 Å². The summed E-state index contributed by atoms with van der Waals surface area (Å²) >= 11 is 0. The number of piperidine rings is 1. The molecule has 2 aromatic carbocycles. The number of anilines is 1. The van der Waals surface area contributed by atoms with Crippen molar-refractivity contribution in [1.82, 2.24) is 19.9 Å². The highest BCUT2D eigenvalue weighted by atomic mass is 19.1. The Bertz CT molecular complexity index is 1880. The van der Waals surface area contributed by atoms with Crippen LogP contribution in [0, 0.1) is 29.4 Å². The van der Waals surface area contributed by atoms with Gasteiger partial charge in [-0.05, 0) is 81.6 Å². The molecule has 8 nitrogen and oxygen atoms in total. The molecule has 0 unspecified atom stereocenters. The highest BCUT2D eigenvalue weighted by Crippen LogP contribution is 2.47. The van der Waals surface area contributed by atoms with Gasteiger partial charge in [0, 0.05) is 36.1 Å². The van der Waals surface area contributed by atoms with Gasteiger partial charge in [-0.15, -0.1) is 6.42 Å². The lowest BCUT2D eigenvalue weighted by Gasteiger charge is -2.31. The molecule has 238 valence electrons. The molecular weight excluding hydrogens is 588 g/mol. The zero-order valence-electron chi connectivity index (χ0n) is 25.8. The second-order valence-electron chi connectivity index (χ2n) is 13.4. The molecule has 10 heteroatoms. The highest BCUT2D eigenvalue weighted by molar-refractivity contribution is 6.03. The predicted molar refractivity (Wildman–Crippen MR) is 172 cm³/mol. The maximum Gasteiger partial charge on any atom is 0.319 e. The molecule has 0 spiro atoms. The molecule has 2 aromatic heterocycles. The van der Waals surface area contributed by atoms with E-state index in [1.54, 1.807) is 0 Å². The van der Waals surface area contributed by atoms with Crippen molar-refractivity contribution in [3.63, 3.8) is 0 Å². The Labute approximate surface area is 266 Å². The van der Waals surface area contributed by atoms with Crippen molar-refractivity contribution in [2.24, 2.45) is 5.41 Å². The number of aromatic hydroxyl groups is 1. The minimum absolute atomic E-state index is 0.0129. The Morgan fingerprint density at radius 1 is 1.04 bits per heavy atom. The van der Waals surface area contributed by atoms with Gasteiger partial charge in [-0.1, -0.05) is 18.4 Å². The standard InChI is InChI=1S/C36H37F2N5O3/c1-2-25-27(37)9-7-22-17-24(44)18-26(29(22)25)32-31(38)33-30-28(39-32)10-8-23-19-45-16-6-15-43(23)34(30)41-35(40-33)46-21-36(11-12-36)20-42-13-4-3-5-14-42/h1,7,9,17-18,23,44H,3-6,8,10-16,19-21H2/t23-/m0/s1. The number of phenols is 1. The van der Waals surface area contributed by atoms with E-state index in [0.717, 1.165) is 45.3 Å². The van der Waals surface area contributed by atoms with Crippen LogP contribution >= 0.6 is 0 Å². The summed E-state index contributed by atoms with van der Waals surface area (Å²) in [5.74, 6) is 1.63. The number of aromatic nitrogens is 3. The fraction of sp³-hybridized carbons (Fsp3) is 0.472. The molecule has 46 heavy (non-hydrogen) atoms. The number of hydrogen-bond acceptors (Lipinski definition) is 8. The zero-order valence-corrected chi connectivity index (χ0v) is 25.8. The number of hydrogen-bond donors (Lipinski definition) is 1. The van der Waals surface area contributed by atoms with Crippen molar-refractivity contribution in [2.75, 3.05) is 50.9 Å². The van der Waals surface area contributed by atoms with Gasteiger partial charge in [0.15, 0.2) is 5.82 Å². The number of benzene rings is 2. The van der Waals surface area contributed by atoms with E-state index in [1.165, 1.54) is 43.5 Å². The van der Waals surface area contributed by atoms with Crippen molar-refractivity contribution in [2.45, 2.75) is 57.4 Å². The molecule has 4 aliphatic rings. The molecule has 1 atom stereocenters. The third kappa shape index (κ3) is 5.19. The van der Waals surface area contributed by atoms with Crippen LogP contribution in [0.2, 0.25) is 0 Å². The highest BCUT2D eigenvalue weighted by Gasteiger charge is 2.45. The van der Waals surface area contributed by atoms with Crippen LogP contribution in [0.1, 0.15) is 56.2 Å². The van der Waals surface area contributed by atoms with Crippen molar-refractivity contribution in [3.8, 4) is 35.4 Å². The second kappa shape index (κ2) is 11.6. The Kier molecular flexibility index (Phi) is 7.41. The average Bonchev–Trinajstić information content (AvgIpc) is 3.88. The van der Waals surface area contributed by atoms with E-state index < -0.39 is 11.6 Å². The van der Waals surface area contributed by atoms with Gasteiger partial charge < -0.3 is 24.4 Å². The maximum absolute atomic E-state index is 17.0. The largest absolute Gasteiger partial charge is 0.508 e. The van der Waals surface area contributed by atoms with Crippen LogP contribution in [0.25, 0.3) is 32.9 Å². The van der Waals surface area contributed by atoms with Gasteiger partial charge >= 0.3 is 6.01 Å². The lowest BCUT2D eigenvalue weighted by molar-refractivity contribution is 0.132. The van der Waals surface area contributed by atoms with Crippen LogP contribution in [0.3, 0.4) is 0 Å². The van der Waals surface area contributed by atoms with Gasteiger partial charge in [-0.25, -0.2) is 13.8 Å². The topological polar surface area (TPSA) is 83.8 Å². The summed E-state index contributed by atoms with van der Waals surface area (Å²) in [6, 6.07) is 5.82. The summed E-state index contributed by atoms with van der Waals surface area (Å²) in [5.41, 5.74) is 0.953. The third-order valence-electron chi connectivity index (χ3n) is 10.2. The van der Waals surface area contributed by atoms with E-state index in [4.69, 9.17) is 30.8 Å². The first-order valence-electron chi connectivity index (χ1n) is 16.4. The number of nitrogens with zero attached hydrogens (tertiary/aromatic N) is 5. The average molecular weight is 626 g/mol. The number of terminal acetylenes is 1. The lowest BCUT2D eigenvalue weighted by atomic mass is 9.95. The van der Waals surface area contributed by atoms with Gasteiger partial charge in [0.1, 0.15) is 28.6 Å². The molecule has 4 aromatic rings. The predicted octanol–water partition coefficient (Wildman–Crippen LogP) is 6.00. The zero-order chi connectivity index (χ0) is 31.4. The third-order valence-corrected chi connectivity index (χ3v) is 10.2. The Balaban J connectivity index is 1.27. The number of aryl methyl sites for hydroxylation is 1. The van der Waals surface area contributed by atoms with Gasteiger partial charge in [-0.2, -0.15) is 9.97 Å². The van der Waals surface area contributed by atoms with E-state index in [0.29, 0.717) is 60.5 Å². The number of ether oxygens (including phenoxy) is 2. The first kappa shape index (κ1) is 29.3. The van der Waals surface area contributed by atoms with Gasteiger partial charge in [-0.3, -0.25) is 0 Å². The Morgan fingerprint density at radius 3 is 2.70 bits per heavy atom. The summed E-state index contributed by atoms with van der Waals surface area (Å²) in [6.45, 7) is 5.59. The quantitative estimate of drug-likeness (QED) is 0.262. The number of rotatable bonds is 6. The molecule has 3 aliphatic heterocycles. The molecule has 0 amide bonds. The van der Waals surface area contributed by atoms with Crippen LogP contribution in [-0.4, -0.2) is 77.0 Å². The summed E-state index contributed by atoms with van der Waals surface area (Å²) < 4.78 is 44.3. The van der Waals surface area contributed by atoms with Crippen LogP contribution in [0.15, 0.2) is 24.3 Å². The minimum Gasteiger partial charge on any atom is -0.508 e.